The van der Waals surface area contributed by atoms with E-state index in [1.54, 1.807) is 7.05 Å². The summed E-state index contributed by atoms with van der Waals surface area (Å²) in [6, 6.07) is 3.77. The number of hydrogen-bond acceptors (Lipinski definition) is 4. The molecular weight excluding hydrogens is 254 g/mol. The highest BCUT2D eigenvalue weighted by Gasteiger charge is 2.19. The summed E-state index contributed by atoms with van der Waals surface area (Å²) in [6.07, 6.45) is 0.689. The zero-order valence-corrected chi connectivity index (χ0v) is 12.2. The molecule has 0 spiro atoms. The van der Waals surface area contributed by atoms with E-state index in [4.69, 9.17) is 5.73 Å². The highest BCUT2D eigenvalue weighted by molar-refractivity contribution is 6.06. The molecule has 20 heavy (non-hydrogen) atoms. The number of rotatable bonds is 3. The molecule has 0 radical (unpaired) electrons. The van der Waals surface area contributed by atoms with Gasteiger partial charge in [0.1, 0.15) is 11.5 Å². The van der Waals surface area contributed by atoms with E-state index in [0.29, 0.717) is 23.6 Å². The van der Waals surface area contributed by atoms with Crippen molar-refractivity contribution in [2.45, 2.75) is 27.2 Å². The zero-order chi connectivity index (χ0) is 14.9. The van der Waals surface area contributed by atoms with Crippen LogP contribution in [0.1, 0.15) is 34.4 Å². The van der Waals surface area contributed by atoms with Crippen LogP contribution in [0.3, 0.4) is 0 Å². The minimum absolute atomic E-state index is 0.297. The summed E-state index contributed by atoms with van der Waals surface area (Å²) >= 11 is 0. The third-order valence-corrected chi connectivity index (χ3v) is 3.05. The molecule has 106 valence electrons. The van der Waals surface area contributed by atoms with Crippen LogP contribution in [0, 0.1) is 13.8 Å². The van der Waals surface area contributed by atoms with E-state index in [2.05, 4.69) is 15.4 Å². The smallest absolute Gasteiger partial charge is 0.277 e. The molecule has 0 aliphatic heterocycles. The van der Waals surface area contributed by atoms with Gasteiger partial charge in [0.25, 0.3) is 5.91 Å². The number of nitrogen functional groups attached to an aromatic ring is 1. The largest absolute Gasteiger partial charge is 0.395 e. The summed E-state index contributed by atoms with van der Waals surface area (Å²) in [5.74, 6) is 0.223. The molecule has 0 bridgehead atoms. The topological polar surface area (TPSA) is 85.8 Å². The van der Waals surface area contributed by atoms with Crippen molar-refractivity contribution in [1.29, 1.82) is 0 Å². The maximum Gasteiger partial charge on any atom is 0.277 e. The van der Waals surface area contributed by atoms with Gasteiger partial charge in [-0.05, 0) is 38.0 Å². The van der Waals surface area contributed by atoms with Gasteiger partial charge in [-0.2, -0.15) is 5.10 Å². The molecule has 2 heterocycles. The highest BCUT2D eigenvalue weighted by atomic mass is 16.2. The molecule has 6 heteroatoms. The summed E-state index contributed by atoms with van der Waals surface area (Å²) in [6.45, 7) is 5.79. The summed E-state index contributed by atoms with van der Waals surface area (Å²) in [5.41, 5.74) is 9.38. The third kappa shape index (κ3) is 2.64. The van der Waals surface area contributed by atoms with Gasteiger partial charge in [-0.15, -0.1) is 0 Å². The SMILES string of the molecule is CCc1nn(C)c(C(=O)Nc2cc(C)cc(C)n2)c1N. The normalized spacial score (nSPS) is 10.6. The lowest BCUT2D eigenvalue weighted by Crippen LogP contribution is -2.18. The number of carbonyl (C=O) groups excluding carboxylic acids is 1. The van der Waals surface area contributed by atoms with Crippen molar-refractivity contribution >= 4 is 17.4 Å². The van der Waals surface area contributed by atoms with Crippen LogP contribution >= 0.6 is 0 Å². The molecule has 3 N–H and O–H groups in total. The second-order valence-corrected chi connectivity index (χ2v) is 4.81. The van der Waals surface area contributed by atoms with Crippen LogP contribution in [0.2, 0.25) is 0 Å². The summed E-state index contributed by atoms with van der Waals surface area (Å²) in [7, 11) is 1.71. The van der Waals surface area contributed by atoms with Gasteiger partial charge in [-0.1, -0.05) is 6.92 Å². The van der Waals surface area contributed by atoms with Gasteiger partial charge in [0.2, 0.25) is 0 Å². The van der Waals surface area contributed by atoms with Crippen molar-refractivity contribution in [3.8, 4) is 0 Å². The fraction of sp³-hybridized carbons (Fsp3) is 0.357. The quantitative estimate of drug-likeness (QED) is 0.893. The van der Waals surface area contributed by atoms with Gasteiger partial charge < -0.3 is 11.1 Å². The van der Waals surface area contributed by atoms with E-state index in [1.807, 2.05) is 32.9 Å². The molecule has 0 saturated carbocycles. The Morgan fingerprint density at radius 3 is 2.65 bits per heavy atom. The number of nitrogens with one attached hydrogen (secondary N) is 1. The van der Waals surface area contributed by atoms with E-state index in [-0.39, 0.29) is 5.91 Å². The molecule has 2 rings (SSSR count). The lowest BCUT2D eigenvalue weighted by molar-refractivity contribution is 0.101. The third-order valence-electron chi connectivity index (χ3n) is 3.05. The number of anilines is 2. The van der Waals surface area contributed by atoms with Crippen LogP contribution in [0.15, 0.2) is 12.1 Å². The number of pyridine rings is 1. The first-order valence-electron chi connectivity index (χ1n) is 6.50. The molecule has 0 atom stereocenters. The monoisotopic (exact) mass is 273 g/mol. The van der Waals surface area contributed by atoms with E-state index < -0.39 is 0 Å². The molecule has 1 amide bonds. The van der Waals surface area contributed by atoms with Crippen molar-refractivity contribution in [2.24, 2.45) is 7.05 Å². The van der Waals surface area contributed by atoms with Crippen LogP contribution in [-0.2, 0) is 13.5 Å². The van der Waals surface area contributed by atoms with Crippen molar-refractivity contribution in [3.05, 3.63) is 34.8 Å². The van der Waals surface area contributed by atoms with Gasteiger partial charge in [0.15, 0.2) is 0 Å². The number of nitrogens with zero attached hydrogens (tertiary/aromatic N) is 3. The predicted octanol–water partition coefficient (Wildman–Crippen LogP) is 1.83. The molecule has 6 nitrogen and oxygen atoms in total. The Morgan fingerprint density at radius 1 is 1.40 bits per heavy atom. The molecular formula is C14H19N5O. The molecule has 0 saturated heterocycles. The van der Waals surface area contributed by atoms with E-state index in [1.165, 1.54) is 4.68 Å². The molecule has 0 aromatic carbocycles. The van der Waals surface area contributed by atoms with Crippen LogP contribution in [0.25, 0.3) is 0 Å². The molecule has 0 aliphatic carbocycles. The number of carbonyl (C=O) groups is 1. The van der Waals surface area contributed by atoms with Gasteiger partial charge in [-0.3, -0.25) is 9.48 Å². The second kappa shape index (κ2) is 5.32. The zero-order valence-electron chi connectivity index (χ0n) is 12.2. The minimum Gasteiger partial charge on any atom is -0.395 e. The van der Waals surface area contributed by atoms with Gasteiger partial charge in [-0.25, -0.2) is 4.98 Å². The predicted molar refractivity (Wildman–Crippen MR) is 78.7 cm³/mol. The molecule has 2 aromatic heterocycles. The summed E-state index contributed by atoms with van der Waals surface area (Å²) < 4.78 is 1.51. The number of aryl methyl sites for hydroxylation is 4. The Labute approximate surface area is 118 Å². The maximum absolute atomic E-state index is 12.3. The summed E-state index contributed by atoms with van der Waals surface area (Å²) in [5, 5.41) is 7.00. The van der Waals surface area contributed by atoms with Crippen LogP contribution < -0.4 is 11.1 Å². The van der Waals surface area contributed by atoms with Gasteiger partial charge in [0, 0.05) is 12.7 Å². The molecule has 0 aliphatic rings. The average molecular weight is 273 g/mol. The minimum atomic E-state index is -0.297. The molecule has 0 unspecified atom stereocenters. The first-order valence-corrected chi connectivity index (χ1v) is 6.50. The van der Waals surface area contributed by atoms with Crippen molar-refractivity contribution < 1.29 is 4.79 Å². The lowest BCUT2D eigenvalue weighted by atomic mass is 10.2. The van der Waals surface area contributed by atoms with Gasteiger partial charge >= 0.3 is 0 Å². The Bertz CT molecular complexity index is 640. The van der Waals surface area contributed by atoms with Crippen LogP contribution in [0.4, 0.5) is 11.5 Å². The fourth-order valence-corrected chi connectivity index (χ4v) is 2.21. The van der Waals surface area contributed by atoms with Crippen molar-refractivity contribution in [1.82, 2.24) is 14.8 Å². The fourth-order valence-electron chi connectivity index (χ4n) is 2.21. The Balaban J connectivity index is 2.30. The van der Waals surface area contributed by atoms with Crippen LogP contribution in [-0.4, -0.2) is 20.7 Å². The van der Waals surface area contributed by atoms with E-state index >= 15 is 0 Å². The number of aromatic nitrogens is 3. The molecule has 2 aromatic rings. The molecule has 0 fully saturated rings. The first-order chi connectivity index (χ1) is 9.42. The average Bonchev–Trinajstić information content (AvgIpc) is 2.62. The van der Waals surface area contributed by atoms with Crippen LogP contribution in [0.5, 0.6) is 0 Å². The Hall–Kier alpha value is -2.37. The number of amides is 1. The summed E-state index contributed by atoms with van der Waals surface area (Å²) in [4.78, 5) is 16.6. The number of nitrogens with two attached hydrogens (primary N) is 1. The lowest BCUT2D eigenvalue weighted by Gasteiger charge is -2.07. The standard InChI is InChI=1S/C14H19N5O/c1-5-10-12(15)13(19(4)18-10)14(20)17-11-7-8(2)6-9(3)16-11/h6-7H,5,15H2,1-4H3,(H,16,17,20). The van der Waals surface area contributed by atoms with Gasteiger partial charge in [0.05, 0.1) is 11.4 Å². The second-order valence-electron chi connectivity index (χ2n) is 4.81. The van der Waals surface area contributed by atoms with E-state index in [9.17, 15) is 4.79 Å². The van der Waals surface area contributed by atoms with E-state index in [0.717, 1.165) is 17.0 Å². The Kier molecular flexibility index (Phi) is 3.74. The maximum atomic E-state index is 12.3. The first kappa shape index (κ1) is 14.0. The van der Waals surface area contributed by atoms with Crippen molar-refractivity contribution in [2.75, 3.05) is 11.1 Å². The Morgan fingerprint density at radius 2 is 2.10 bits per heavy atom. The van der Waals surface area contributed by atoms with Crippen molar-refractivity contribution in [3.63, 3.8) is 0 Å². The number of hydrogen-bond donors (Lipinski definition) is 2. The highest BCUT2D eigenvalue weighted by Crippen LogP contribution is 2.18.